The molecule has 1 aromatic heterocycles. The second-order valence-corrected chi connectivity index (χ2v) is 7.30. The molecular weight excluding hydrogens is 352 g/mol. The average molecular weight is 376 g/mol. The second kappa shape index (κ2) is 8.30. The number of phenols is 1. The van der Waals surface area contributed by atoms with Crippen LogP contribution in [0.15, 0.2) is 65.2 Å². The number of piperidine rings is 1. The van der Waals surface area contributed by atoms with Crippen molar-refractivity contribution in [2.75, 3.05) is 6.54 Å². The Bertz CT molecular complexity index is 936. The number of carbonyl (C=O) groups excluding carboxylic acids is 1. The molecule has 2 aromatic carbocycles. The third-order valence-electron chi connectivity index (χ3n) is 5.35. The predicted octanol–water partition coefficient (Wildman–Crippen LogP) is 4.67. The molecule has 0 aliphatic carbocycles. The molecule has 2 heterocycles. The van der Waals surface area contributed by atoms with Crippen molar-refractivity contribution >= 4 is 5.91 Å². The van der Waals surface area contributed by atoms with Gasteiger partial charge >= 0.3 is 0 Å². The summed E-state index contributed by atoms with van der Waals surface area (Å²) in [6, 6.07) is 18.9. The van der Waals surface area contributed by atoms with E-state index in [0.717, 1.165) is 49.8 Å². The molecule has 0 bridgehead atoms. The molecular formula is C23H24N2O3. The van der Waals surface area contributed by atoms with E-state index in [9.17, 15) is 9.90 Å². The normalized spacial score (nSPS) is 16.9. The molecule has 4 rings (SSSR count). The minimum absolute atomic E-state index is 0.0634. The van der Waals surface area contributed by atoms with Crippen molar-refractivity contribution < 1.29 is 14.4 Å². The summed E-state index contributed by atoms with van der Waals surface area (Å²) >= 11 is 0. The molecule has 5 nitrogen and oxygen atoms in total. The van der Waals surface area contributed by atoms with Crippen LogP contribution in [0.2, 0.25) is 0 Å². The molecule has 5 heteroatoms. The summed E-state index contributed by atoms with van der Waals surface area (Å²) in [7, 11) is 0. The van der Waals surface area contributed by atoms with Gasteiger partial charge in [-0.2, -0.15) is 0 Å². The van der Waals surface area contributed by atoms with Crippen molar-refractivity contribution in [3.63, 3.8) is 0 Å². The number of rotatable bonds is 5. The number of likely N-dealkylation sites (tertiary alicyclic amines) is 1. The molecule has 1 saturated heterocycles. The maximum atomic E-state index is 13.1. The van der Waals surface area contributed by atoms with Gasteiger partial charge in [-0.3, -0.25) is 4.79 Å². The lowest BCUT2D eigenvalue weighted by Gasteiger charge is -2.35. The fourth-order valence-electron chi connectivity index (χ4n) is 3.87. The molecule has 144 valence electrons. The zero-order valence-electron chi connectivity index (χ0n) is 15.8. The molecule has 0 saturated carbocycles. The van der Waals surface area contributed by atoms with E-state index >= 15 is 0 Å². The van der Waals surface area contributed by atoms with Gasteiger partial charge in [-0.05, 0) is 49.8 Å². The van der Waals surface area contributed by atoms with Crippen LogP contribution in [-0.2, 0) is 6.42 Å². The number of nitrogens with zero attached hydrogens (tertiary/aromatic N) is 2. The van der Waals surface area contributed by atoms with E-state index in [1.807, 2.05) is 47.4 Å². The fraction of sp³-hybridized carbons (Fsp3) is 0.304. The van der Waals surface area contributed by atoms with E-state index in [4.69, 9.17) is 4.52 Å². The summed E-state index contributed by atoms with van der Waals surface area (Å²) in [6.07, 6.45) is 4.84. The van der Waals surface area contributed by atoms with Gasteiger partial charge in [0.25, 0.3) is 5.91 Å². The number of aryl methyl sites for hydroxylation is 1. The number of carbonyl (C=O) groups is 1. The van der Waals surface area contributed by atoms with Crippen LogP contribution in [0.1, 0.15) is 41.7 Å². The summed E-state index contributed by atoms with van der Waals surface area (Å²) in [5, 5.41) is 13.7. The van der Waals surface area contributed by atoms with Gasteiger partial charge in [0.15, 0.2) is 11.5 Å². The van der Waals surface area contributed by atoms with Gasteiger partial charge in [0.1, 0.15) is 5.75 Å². The Morgan fingerprint density at radius 3 is 2.79 bits per heavy atom. The number of hydrogen-bond donors (Lipinski definition) is 1. The van der Waals surface area contributed by atoms with E-state index in [1.165, 1.54) is 0 Å². The summed E-state index contributed by atoms with van der Waals surface area (Å²) < 4.78 is 5.42. The van der Waals surface area contributed by atoms with Crippen LogP contribution in [0.4, 0.5) is 0 Å². The van der Waals surface area contributed by atoms with Gasteiger partial charge < -0.3 is 14.5 Å². The summed E-state index contributed by atoms with van der Waals surface area (Å²) in [5.41, 5.74) is 2.36. The van der Waals surface area contributed by atoms with Crippen molar-refractivity contribution in [3.8, 4) is 17.1 Å². The smallest absolute Gasteiger partial charge is 0.276 e. The van der Waals surface area contributed by atoms with Crippen LogP contribution in [-0.4, -0.2) is 33.7 Å². The lowest BCUT2D eigenvalue weighted by atomic mass is 9.95. The number of amides is 1. The molecule has 1 aliphatic rings. The topological polar surface area (TPSA) is 66.6 Å². The number of benzene rings is 2. The Hall–Kier alpha value is -3.08. The van der Waals surface area contributed by atoms with Gasteiger partial charge in [0.05, 0.1) is 0 Å². The Balaban J connectivity index is 1.46. The standard InChI is InChI=1S/C23H24N2O3/c26-20-11-6-7-17(15-20)12-13-19-10-4-5-14-25(19)23(27)21-16-22(28-24-21)18-8-2-1-3-9-18/h1-3,6-9,11,15-16,19,26H,4-5,10,12-14H2/t19-/m0/s1. The van der Waals surface area contributed by atoms with Crippen LogP contribution >= 0.6 is 0 Å². The van der Waals surface area contributed by atoms with Crippen molar-refractivity contribution in [1.82, 2.24) is 10.1 Å². The first-order valence-corrected chi connectivity index (χ1v) is 9.82. The lowest BCUT2D eigenvalue weighted by molar-refractivity contribution is 0.0591. The van der Waals surface area contributed by atoms with E-state index < -0.39 is 0 Å². The van der Waals surface area contributed by atoms with Crippen LogP contribution < -0.4 is 0 Å². The Labute approximate surface area is 164 Å². The number of hydrogen-bond acceptors (Lipinski definition) is 4. The van der Waals surface area contributed by atoms with Gasteiger partial charge in [-0.25, -0.2) is 0 Å². The van der Waals surface area contributed by atoms with Crippen LogP contribution in [0.25, 0.3) is 11.3 Å². The second-order valence-electron chi connectivity index (χ2n) is 7.30. The molecule has 3 aromatic rings. The SMILES string of the molecule is O=C(c1cc(-c2ccccc2)on1)N1CCCC[C@H]1CCc1cccc(O)c1. The minimum atomic E-state index is -0.0634. The third kappa shape index (κ3) is 4.09. The van der Waals surface area contributed by atoms with Gasteiger partial charge in [0.2, 0.25) is 0 Å². The molecule has 1 atom stereocenters. The van der Waals surface area contributed by atoms with Gasteiger partial charge in [-0.1, -0.05) is 47.6 Å². The first kappa shape index (κ1) is 18.3. The van der Waals surface area contributed by atoms with Crippen LogP contribution in [0.3, 0.4) is 0 Å². The monoisotopic (exact) mass is 376 g/mol. The fourth-order valence-corrected chi connectivity index (χ4v) is 3.87. The maximum Gasteiger partial charge on any atom is 0.276 e. The zero-order valence-corrected chi connectivity index (χ0v) is 15.8. The molecule has 1 fully saturated rings. The van der Waals surface area contributed by atoms with E-state index in [-0.39, 0.29) is 17.7 Å². The molecule has 0 unspecified atom stereocenters. The Morgan fingerprint density at radius 1 is 1.11 bits per heavy atom. The molecule has 1 amide bonds. The Morgan fingerprint density at radius 2 is 1.96 bits per heavy atom. The largest absolute Gasteiger partial charge is 0.508 e. The van der Waals surface area contributed by atoms with Crippen molar-refractivity contribution in [2.24, 2.45) is 0 Å². The maximum absolute atomic E-state index is 13.1. The summed E-state index contributed by atoms with van der Waals surface area (Å²) in [6.45, 7) is 0.747. The van der Waals surface area contributed by atoms with Crippen molar-refractivity contribution in [2.45, 2.75) is 38.1 Å². The van der Waals surface area contributed by atoms with Crippen LogP contribution in [0, 0.1) is 0 Å². The summed E-state index contributed by atoms with van der Waals surface area (Å²) in [4.78, 5) is 15.0. The highest BCUT2D eigenvalue weighted by atomic mass is 16.5. The number of phenolic OH excluding ortho intramolecular Hbond substituents is 1. The average Bonchev–Trinajstić information content (AvgIpc) is 3.23. The molecule has 0 radical (unpaired) electrons. The number of aromatic hydroxyl groups is 1. The van der Waals surface area contributed by atoms with E-state index in [0.29, 0.717) is 11.5 Å². The highest BCUT2D eigenvalue weighted by Gasteiger charge is 2.29. The highest BCUT2D eigenvalue weighted by Crippen LogP contribution is 2.26. The minimum Gasteiger partial charge on any atom is -0.508 e. The van der Waals surface area contributed by atoms with Crippen molar-refractivity contribution in [3.05, 3.63) is 71.9 Å². The van der Waals surface area contributed by atoms with Crippen molar-refractivity contribution in [1.29, 1.82) is 0 Å². The van der Waals surface area contributed by atoms with Gasteiger partial charge in [-0.15, -0.1) is 0 Å². The third-order valence-corrected chi connectivity index (χ3v) is 5.35. The summed E-state index contributed by atoms with van der Waals surface area (Å²) in [5.74, 6) is 0.828. The molecule has 0 spiro atoms. The predicted molar refractivity (Wildman–Crippen MR) is 107 cm³/mol. The molecule has 1 N–H and O–H groups in total. The molecule has 28 heavy (non-hydrogen) atoms. The first-order valence-electron chi connectivity index (χ1n) is 9.82. The van der Waals surface area contributed by atoms with Gasteiger partial charge in [0, 0.05) is 24.2 Å². The van der Waals surface area contributed by atoms with E-state index in [1.54, 1.807) is 18.2 Å². The van der Waals surface area contributed by atoms with Crippen LogP contribution in [0.5, 0.6) is 5.75 Å². The first-order chi connectivity index (χ1) is 13.7. The number of aromatic nitrogens is 1. The molecule has 1 aliphatic heterocycles. The Kier molecular flexibility index (Phi) is 5.42. The quantitative estimate of drug-likeness (QED) is 0.702. The zero-order chi connectivity index (χ0) is 19.3. The van der Waals surface area contributed by atoms with E-state index in [2.05, 4.69) is 5.16 Å². The lowest BCUT2D eigenvalue weighted by Crippen LogP contribution is -2.44. The highest BCUT2D eigenvalue weighted by molar-refractivity contribution is 5.93.